The fourth-order valence-corrected chi connectivity index (χ4v) is 3.33. The Hall–Kier alpha value is -1.65. The van der Waals surface area contributed by atoms with Gasteiger partial charge in [-0.1, -0.05) is 27.7 Å². The first-order chi connectivity index (χ1) is 9.18. The van der Waals surface area contributed by atoms with E-state index in [4.69, 9.17) is 5.73 Å². The van der Waals surface area contributed by atoms with Gasteiger partial charge >= 0.3 is 0 Å². The van der Waals surface area contributed by atoms with Gasteiger partial charge in [-0.2, -0.15) is 0 Å². The zero-order valence-electron chi connectivity index (χ0n) is 12.2. The molecule has 1 heterocycles. The molecule has 0 unspecified atom stereocenters. The van der Waals surface area contributed by atoms with Crippen molar-refractivity contribution in [3.05, 3.63) is 23.8 Å². The quantitative estimate of drug-likeness (QED) is 0.913. The first-order valence-electron chi connectivity index (χ1n) is 6.77. The number of hydrogen-bond acceptors (Lipinski definition) is 2. The van der Waals surface area contributed by atoms with Gasteiger partial charge in [0, 0.05) is 6.54 Å². The number of benzene rings is 1. The highest BCUT2D eigenvalue weighted by Crippen LogP contribution is 2.69. The minimum absolute atomic E-state index is 0.153. The van der Waals surface area contributed by atoms with E-state index < -0.39 is 11.6 Å². The van der Waals surface area contributed by atoms with E-state index >= 15 is 0 Å². The van der Waals surface area contributed by atoms with Crippen molar-refractivity contribution in [2.75, 3.05) is 5.73 Å². The summed E-state index contributed by atoms with van der Waals surface area (Å²) in [5.74, 6) is -1.14. The van der Waals surface area contributed by atoms with Crippen LogP contribution in [0.5, 0.6) is 0 Å². The van der Waals surface area contributed by atoms with Crippen LogP contribution in [0.3, 0.4) is 0 Å². The zero-order valence-corrected chi connectivity index (χ0v) is 12.2. The van der Waals surface area contributed by atoms with Gasteiger partial charge in [0.1, 0.15) is 5.52 Å². The number of fused-ring (bicyclic) bond motifs is 1. The molecule has 0 saturated heterocycles. The predicted octanol–water partition coefficient (Wildman–Crippen LogP) is 3.58. The van der Waals surface area contributed by atoms with Crippen LogP contribution < -0.4 is 5.73 Å². The van der Waals surface area contributed by atoms with E-state index in [1.807, 2.05) is 0 Å². The molecule has 3 nitrogen and oxygen atoms in total. The maximum atomic E-state index is 14.0. The molecule has 0 radical (unpaired) electrons. The molecule has 1 saturated carbocycles. The number of nitrogens with two attached hydrogens (primary N) is 1. The third kappa shape index (κ3) is 1.52. The molecule has 1 aromatic heterocycles. The van der Waals surface area contributed by atoms with Crippen molar-refractivity contribution in [2.24, 2.45) is 16.7 Å². The summed E-state index contributed by atoms with van der Waals surface area (Å²) in [6, 6.07) is 2.54. The summed E-state index contributed by atoms with van der Waals surface area (Å²) in [6.07, 6.45) is 0. The average molecular weight is 279 g/mol. The zero-order chi connectivity index (χ0) is 14.9. The molecule has 1 fully saturated rings. The molecule has 3 rings (SSSR count). The molecular weight excluding hydrogens is 260 g/mol. The minimum atomic E-state index is -0.872. The normalized spacial score (nSPS) is 20.5. The molecule has 0 aliphatic heterocycles. The summed E-state index contributed by atoms with van der Waals surface area (Å²) in [5.41, 5.74) is 6.76. The fraction of sp³-hybridized carbons (Fsp3) is 0.533. The van der Waals surface area contributed by atoms with Crippen molar-refractivity contribution < 1.29 is 8.78 Å². The van der Waals surface area contributed by atoms with E-state index in [0.717, 1.165) is 6.07 Å². The molecule has 0 bridgehead atoms. The summed E-state index contributed by atoms with van der Waals surface area (Å²) in [4.78, 5) is 4.13. The topological polar surface area (TPSA) is 43.8 Å². The van der Waals surface area contributed by atoms with Crippen molar-refractivity contribution >= 4 is 17.0 Å². The number of nitrogens with zero attached hydrogens (tertiary/aromatic N) is 2. The van der Waals surface area contributed by atoms with Crippen LogP contribution in [0, 0.1) is 28.4 Å². The van der Waals surface area contributed by atoms with E-state index in [-0.39, 0.29) is 22.3 Å². The number of hydrogen-bond donors (Lipinski definition) is 1. The second kappa shape index (κ2) is 3.71. The molecule has 0 amide bonds. The average Bonchev–Trinajstić information content (AvgIpc) is 2.64. The van der Waals surface area contributed by atoms with Crippen LogP contribution in [-0.2, 0) is 6.54 Å². The number of anilines is 1. The molecule has 2 aromatic rings. The maximum Gasteiger partial charge on any atom is 0.201 e. The van der Waals surface area contributed by atoms with Crippen molar-refractivity contribution in [1.82, 2.24) is 9.55 Å². The lowest BCUT2D eigenvalue weighted by Gasteiger charge is -2.08. The van der Waals surface area contributed by atoms with E-state index in [9.17, 15) is 8.78 Å². The Labute approximate surface area is 116 Å². The molecular formula is C15H19F2N3. The number of imidazole rings is 1. The Kier molecular flexibility index (Phi) is 2.48. The Bertz CT molecular complexity index is 687. The van der Waals surface area contributed by atoms with E-state index in [2.05, 4.69) is 32.7 Å². The largest absolute Gasteiger partial charge is 0.369 e. The van der Waals surface area contributed by atoms with Crippen molar-refractivity contribution in [3.8, 4) is 0 Å². The summed E-state index contributed by atoms with van der Waals surface area (Å²) in [7, 11) is 0. The Balaban J connectivity index is 2.09. The number of aromatic nitrogens is 2. The molecule has 0 spiro atoms. The smallest absolute Gasteiger partial charge is 0.201 e. The summed E-state index contributed by atoms with van der Waals surface area (Å²) >= 11 is 0. The van der Waals surface area contributed by atoms with Crippen LogP contribution in [0.2, 0.25) is 0 Å². The molecule has 1 aromatic carbocycles. The van der Waals surface area contributed by atoms with Gasteiger partial charge in [-0.15, -0.1) is 0 Å². The predicted molar refractivity (Wildman–Crippen MR) is 75.1 cm³/mol. The van der Waals surface area contributed by atoms with Crippen LogP contribution in [-0.4, -0.2) is 9.55 Å². The Morgan fingerprint density at radius 3 is 2.35 bits per heavy atom. The van der Waals surface area contributed by atoms with Gasteiger partial charge in [-0.05, 0) is 28.9 Å². The lowest BCUT2D eigenvalue weighted by atomic mass is 10.0. The molecule has 1 aliphatic carbocycles. The van der Waals surface area contributed by atoms with Crippen molar-refractivity contribution in [1.29, 1.82) is 0 Å². The lowest BCUT2D eigenvalue weighted by molar-refractivity contribution is 0.457. The second-order valence-electron chi connectivity index (χ2n) is 6.81. The van der Waals surface area contributed by atoms with Gasteiger partial charge in [-0.3, -0.25) is 0 Å². The Morgan fingerprint density at radius 1 is 1.20 bits per heavy atom. The third-order valence-corrected chi connectivity index (χ3v) is 5.51. The SMILES string of the molecule is CC1(C)C(Cn2c(N)nc3ccc(F)c(F)c32)C1(C)C. The molecule has 108 valence electrons. The number of nitrogen functional groups attached to an aromatic ring is 1. The van der Waals surface area contributed by atoms with Gasteiger partial charge in [-0.25, -0.2) is 13.8 Å². The Morgan fingerprint density at radius 2 is 1.80 bits per heavy atom. The van der Waals surface area contributed by atoms with Crippen LogP contribution >= 0.6 is 0 Å². The third-order valence-electron chi connectivity index (χ3n) is 5.51. The van der Waals surface area contributed by atoms with Crippen LogP contribution in [0.4, 0.5) is 14.7 Å². The van der Waals surface area contributed by atoms with E-state index in [0.29, 0.717) is 18.0 Å². The van der Waals surface area contributed by atoms with Crippen molar-refractivity contribution in [2.45, 2.75) is 34.2 Å². The highest BCUT2D eigenvalue weighted by molar-refractivity contribution is 5.79. The molecule has 2 N–H and O–H groups in total. The summed E-state index contributed by atoms with van der Waals surface area (Å²) in [5, 5.41) is 0. The highest BCUT2D eigenvalue weighted by atomic mass is 19.2. The highest BCUT2D eigenvalue weighted by Gasteiger charge is 2.64. The van der Waals surface area contributed by atoms with Gasteiger partial charge in [0.05, 0.1) is 5.52 Å². The monoisotopic (exact) mass is 279 g/mol. The maximum absolute atomic E-state index is 14.0. The molecule has 1 aliphatic rings. The van der Waals surface area contributed by atoms with Crippen LogP contribution in [0.1, 0.15) is 27.7 Å². The standard InChI is InChI=1S/C15H19F2N3/c1-14(2)10(15(14,3)4)7-20-12-9(19-13(20)18)6-5-8(16)11(12)17/h5-6,10H,7H2,1-4H3,(H2,18,19). The van der Waals surface area contributed by atoms with Crippen LogP contribution in [0.15, 0.2) is 12.1 Å². The first kappa shape index (κ1) is 13.3. The molecule has 0 atom stereocenters. The summed E-state index contributed by atoms with van der Waals surface area (Å²) in [6.45, 7) is 9.30. The van der Waals surface area contributed by atoms with E-state index in [1.54, 1.807) is 4.57 Å². The summed E-state index contributed by atoms with van der Waals surface area (Å²) < 4.78 is 29.1. The molecule has 20 heavy (non-hydrogen) atoms. The van der Waals surface area contributed by atoms with Crippen LogP contribution in [0.25, 0.3) is 11.0 Å². The molecule has 5 heteroatoms. The first-order valence-corrected chi connectivity index (χ1v) is 6.77. The van der Waals surface area contributed by atoms with Gasteiger partial charge < -0.3 is 10.3 Å². The fourth-order valence-electron chi connectivity index (χ4n) is 3.33. The number of rotatable bonds is 2. The lowest BCUT2D eigenvalue weighted by Crippen LogP contribution is -2.09. The van der Waals surface area contributed by atoms with Gasteiger partial charge in [0.15, 0.2) is 11.6 Å². The minimum Gasteiger partial charge on any atom is -0.369 e. The van der Waals surface area contributed by atoms with E-state index in [1.165, 1.54) is 6.07 Å². The van der Waals surface area contributed by atoms with Gasteiger partial charge in [0.2, 0.25) is 5.95 Å². The van der Waals surface area contributed by atoms with Gasteiger partial charge in [0.25, 0.3) is 0 Å². The van der Waals surface area contributed by atoms with Crippen molar-refractivity contribution in [3.63, 3.8) is 0 Å². The second-order valence-corrected chi connectivity index (χ2v) is 6.81. The number of halogens is 2.